The Hall–Kier alpha value is -6.33. The van der Waals surface area contributed by atoms with Crippen LogP contribution in [0, 0.1) is 32.6 Å². The van der Waals surface area contributed by atoms with Crippen molar-refractivity contribution in [3.8, 4) is 11.5 Å². The summed E-state index contributed by atoms with van der Waals surface area (Å²) >= 11 is 0. The summed E-state index contributed by atoms with van der Waals surface area (Å²) in [5.74, 6) is 2.66. The fourth-order valence-electron chi connectivity index (χ4n) is 7.40. The summed E-state index contributed by atoms with van der Waals surface area (Å²) in [6.07, 6.45) is 4.74. The predicted octanol–water partition coefficient (Wildman–Crippen LogP) is 7.53. The van der Waals surface area contributed by atoms with Crippen LogP contribution in [-0.2, 0) is 25.7 Å². The fourth-order valence-corrected chi connectivity index (χ4v) is 7.40. The van der Waals surface area contributed by atoms with Gasteiger partial charge >= 0.3 is 18.3 Å². The van der Waals surface area contributed by atoms with Gasteiger partial charge in [0.15, 0.2) is 0 Å². The van der Waals surface area contributed by atoms with Crippen LogP contribution in [0.3, 0.4) is 0 Å². The van der Waals surface area contributed by atoms with Crippen molar-refractivity contribution in [2.75, 3.05) is 50.9 Å². The van der Waals surface area contributed by atoms with Crippen LogP contribution in [0.2, 0.25) is 0 Å². The molecule has 0 spiro atoms. The van der Waals surface area contributed by atoms with Gasteiger partial charge in [-0.25, -0.2) is 4.79 Å². The molecule has 5 aromatic rings. The topological polar surface area (TPSA) is 200 Å². The van der Waals surface area contributed by atoms with Crippen molar-refractivity contribution < 1.29 is 33.4 Å². The number of hydrogen-bond donors (Lipinski definition) is 3. The number of nitrogens with two attached hydrogens (primary N) is 2. The lowest BCUT2D eigenvalue weighted by atomic mass is 9.97. The molecule has 14 heteroatoms. The first-order chi connectivity index (χ1) is 28.8. The molecule has 0 bridgehead atoms. The van der Waals surface area contributed by atoms with Gasteiger partial charge in [-0.3, -0.25) is 14.9 Å². The van der Waals surface area contributed by atoms with E-state index in [9.17, 15) is 4.79 Å². The number of urea groups is 1. The quantitative estimate of drug-likeness (QED) is 0.132. The number of hydrogen-bond acceptors (Lipinski definition) is 12. The van der Waals surface area contributed by atoms with Gasteiger partial charge in [0, 0.05) is 48.4 Å². The van der Waals surface area contributed by atoms with Crippen LogP contribution in [0.1, 0.15) is 69.5 Å². The third-order valence-electron chi connectivity index (χ3n) is 10.4. The maximum absolute atomic E-state index is 12.1. The first-order valence-electron chi connectivity index (χ1n) is 20.2. The number of nitrogens with one attached hydrogen (secondary N) is 1. The average molecular weight is 836 g/mol. The summed E-state index contributed by atoms with van der Waals surface area (Å²) < 4.78 is 12.3. The van der Waals surface area contributed by atoms with E-state index >= 15 is 0 Å². The molecule has 5 N–H and O–H groups in total. The van der Waals surface area contributed by atoms with Crippen molar-refractivity contribution in [1.82, 2.24) is 25.1 Å². The number of benzene rings is 3. The van der Waals surface area contributed by atoms with Gasteiger partial charge in [0.05, 0.1) is 35.0 Å². The summed E-state index contributed by atoms with van der Waals surface area (Å²) in [6.45, 7) is 16.2. The van der Waals surface area contributed by atoms with Crippen LogP contribution in [0.25, 0.3) is 21.8 Å². The Morgan fingerprint density at radius 1 is 0.721 bits per heavy atom. The molecule has 0 radical (unpaired) electrons. The molecule has 4 heterocycles. The minimum Gasteiger partial charge on any atom is -0.493 e. The highest BCUT2D eigenvalue weighted by Gasteiger charge is 2.24. The molecule has 2 aromatic heterocycles. The molecule has 2 saturated heterocycles. The highest BCUT2D eigenvalue weighted by Crippen LogP contribution is 2.33. The SMILES string of the molecule is C.Cc1cc(N)c2c(OCC3CCN(C(=O)NC(C)C)CC3)cccc2n1.Cc1ccc(CN2CCC(COc3cccc4nc(C)cc(N)c34)CC2)cc1.O=C=O.O=C=O. The summed E-state index contributed by atoms with van der Waals surface area (Å²) in [6, 6.07) is 24.7. The van der Waals surface area contributed by atoms with Crippen molar-refractivity contribution in [3.63, 3.8) is 0 Å². The number of nitrogens with zero attached hydrogens (tertiary/aromatic N) is 4. The number of nitrogen functional groups attached to an aromatic ring is 2. The molecule has 0 atom stereocenters. The average Bonchev–Trinajstić information content (AvgIpc) is 3.21. The summed E-state index contributed by atoms with van der Waals surface area (Å²) in [4.78, 5) is 58.1. The van der Waals surface area contributed by atoms with Gasteiger partial charge < -0.3 is 31.2 Å². The fraction of sp³-hybridized carbons (Fsp3) is 0.426. The molecular weight excluding hydrogens is 775 g/mol. The Labute approximate surface area is 359 Å². The lowest BCUT2D eigenvalue weighted by Gasteiger charge is -2.32. The zero-order valence-electron chi connectivity index (χ0n) is 35.2. The lowest BCUT2D eigenvalue weighted by Crippen LogP contribution is -2.47. The number of carbonyl (C=O) groups is 1. The van der Waals surface area contributed by atoms with Crippen molar-refractivity contribution in [2.24, 2.45) is 11.8 Å². The summed E-state index contributed by atoms with van der Waals surface area (Å²) in [7, 11) is 0. The predicted molar refractivity (Wildman–Crippen MR) is 237 cm³/mol. The number of aryl methyl sites for hydroxylation is 3. The number of amides is 2. The Morgan fingerprint density at radius 2 is 1.15 bits per heavy atom. The molecule has 14 nitrogen and oxygen atoms in total. The van der Waals surface area contributed by atoms with Gasteiger partial charge in [-0.1, -0.05) is 49.4 Å². The largest absolute Gasteiger partial charge is 0.493 e. The molecule has 0 saturated carbocycles. The van der Waals surface area contributed by atoms with Crippen LogP contribution in [0.5, 0.6) is 11.5 Å². The maximum atomic E-state index is 12.1. The Kier molecular flexibility index (Phi) is 19.8. The minimum atomic E-state index is 0. The van der Waals surface area contributed by atoms with Crippen LogP contribution in [-0.4, -0.2) is 83.5 Å². The molecule has 2 aliphatic rings. The molecule has 2 amide bonds. The number of pyridine rings is 2. The number of aromatic nitrogens is 2. The Morgan fingerprint density at radius 3 is 1.57 bits per heavy atom. The number of ether oxygens (including phenoxy) is 2. The first-order valence-corrected chi connectivity index (χ1v) is 20.2. The summed E-state index contributed by atoms with van der Waals surface area (Å²) in [5.41, 5.74) is 20.2. The zero-order chi connectivity index (χ0) is 43.6. The normalized spacial score (nSPS) is 14.1. The monoisotopic (exact) mass is 835 g/mol. The van der Waals surface area contributed by atoms with Gasteiger partial charge in [-0.15, -0.1) is 0 Å². The maximum Gasteiger partial charge on any atom is 0.373 e. The number of fused-ring (bicyclic) bond motifs is 2. The van der Waals surface area contributed by atoms with E-state index in [4.69, 9.17) is 40.1 Å². The highest BCUT2D eigenvalue weighted by molar-refractivity contribution is 5.96. The van der Waals surface area contributed by atoms with Crippen LogP contribution in [0.15, 0.2) is 72.8 Å². The van der Waals surface area contributed by atoms with E-state index in [-0.39, 0.29) is 31.8 Å². The number of piperidine rings is 2. The third kappa shape index (κ3) is 15.0. The third-order valence-corrected chi connectivity index (χ3v) is 10.4. The second-order valence-electron chi connectivity index (χ2n) is 15.5. The van der Waals surface area contributed by atoms with Crippen LogP contribution >= 0.6 is 0 Å². The van der Waals surface area contributed by atoms with Crippen LogP contribution < -0.4 is 26.3 Å². The zero-order valence-corrected chi connectivity index (χ0v) is 35.2. The molecule has 2 aliphatic heterocycles. The molecule has 326 valence electrons. The number of rotatable bonds is 9. The van der Waals surface area contributed by atoms with Gasteiger partial charge in [0.1, 0.15) is 11.5 Å². The van der Waals surface area contributed by atoms with Crippen molar-refractivity contribution in [1.29, 1.82) is 0 Å². The van der Waals surface area contributed by atoms with Crippen molar-refractivity contribution in [2.45, 2.75) is 80.3 Å². The Bertz CT molecular complexity index is 2210. The molecule has 7 rings (SSSR count). The second-order valence-corrected chi connectivity index (χ2v) is 15.5. The highest BCUT2D eigenvalue weighted by atomic mass is 16.5. The molecule has 61 heavy (non-hydrogen) atoms. The molecule has 0 aliphatic carbocycles. The van der Waals surface area contributed by atoms with E-state index in [2.05, 4.69) is 51.4 Å². The minimum absolute atomic E-state index is 0. The van der Waals surface area contributed by atoms with Gasteiger partial charge in [-0.05, 0) is 127 Å². The number of likely N-dealkylation sites (tertiary alicyclic amines) is 2. The molecule has 3 aromatic carbocycles. The Balaban J connectivity index is 0.000000285. The van der Waals surface area contributed by atoms with Crippen molar-refractivity contribution in [3.05, 3.63) is 95.3 Å². The van der Waals surface area contributed by atoms with Crippen LogP contribution in [0.4, 0.5) is 16.2 Å². The van der Waals surface area contributed by atoms with E-state index in [0.29, 0.717) is 24.1 Å². The van der Waals surface area contributed by atoms with Gasteiger partial charge in [0.25, 0.3) is 0 Å². The van der Waals surface area contributed by atoms with E-state index in [0.717, 1.165) is 103 Å². The van der Waals surface area contributed by atoms with Crippen molar-refractivity contribution >= 4 is 51.5 Å². The lowest BCUT2D eigenvalue weighted by molar-refractivity contribution is -0.193. The van der Waals surface area contributed by atoms with E-state index < -0.39 is 0 Å². The number of carbonyl (C=O) groups excluding carboxylic acids is 5. The van der Waals surface area contributed by atoms with E-state index in [1.807, 2.05) is 81.1 Å². The smallest absolute Gasteiger partial charge is 0.373 e. The molecule has 2 fully saturated rings. The van der Waals surface area contributed by atoms with Gasteiger partial charge in [-0.2, -0.15) is 19.2 Å². The second kappa shape index (κ2) is 24.7. The van der Waals surface area contributed by atoms with Gasteiger partial charge in [0.2, 0.25) is 0 Å². The number of anilines is 2. The van der Waals surface area contributed by atoms with E-state index in [1.165, 1.54) is 24.0 Å². The van der Waals surface area contributed by atoms with E-state index in [1.54, 1.807) is 0 Å². The first kappa shape index (κ1) is 49.0. The molecular formula is C47H61N7O7. The molecule has 0 unspecified atom stereocenters. The summed E-state index contributed by atoms with van der Waals surface area (Å²) in [5, 5.41) is 4.77. The standard InChI is InChI=1S/C24H29N3O.C20H28N4O2.2CO2.CH4/c1-17-6-8-19(9-7-17)15-27-12-10-20(11-13-27)16-28-23-5-3-4-22-24(23)21(25)14-18(2)26-22;1-13(2)22-20(25)24-9-7-15(8-10-24)12-26-18-6-4-5-17-19(18)16(21)11-14(3)23-17;2*2-1-3;/h3-9,14,20H,10-13,15-16H2,1-2H3,(H2,25,26);4-6,11,13,15H,7-10,12H2,1-3H3,(H2,21,23)(H,22,25);;;1H4.